The molecular formula is C30H29N5O. The highest BCUT2D eigenvalue weighted by atomic mass is 16.3. The lowest BCUT2D eigenvalue weighted by atomic mass is 9.96. The van der Waals surface area contributed by atoms with Gasteiger partial charge in [0.25, 0.3) is 0 Å². The zero-order valence-corrected chi connectivity index (χ0v) is 20.3. The van der Waals surface area contributed by atoms with Crippen LogP contribution >= 0.6 is 0 Å². The molecule has 2 aromatic heterocycles. The molecule has 3 N–H and O–H groups in total. The smallest absolute Gasteiger partial charge is 0.199 e. The van der Waals surface area contributed by atoms with E-state index in [-0.39, 0.29) is 5.88 Å². The number of aryl methyl sites for hydroxylation is 1. The third-order valence-electron chi connectivity index (χ3n) is 7.03. The molecule has 5 aromatic rings. The summed E-state index contributed by atoms with van der Waals surface area (Å²) in [6, 6.07) is 22.6. The number of hydrogen-bond donors (Lipinski definition) is 3. The molecule has 3 heterocycles. The van der Waals surface area contributed by atoms with Crippen molar-refractivity contribution >= 4 is 28.0 Å². The molecule has 0 spiro atoms. The maximum atomic E-state index is 11.0. The lowest BCUT2D eigenvalue weighted by Crippen LogP contribution is -2.29. The number of nitrogens with one attached hydrogen (secondary N) is 2. The minimum Gasteiger partial charge on any atom is -0.494 e. The second kappa shape index (κ2) is 9.38. The van der Waals surface area contributed by atoms with Crippen LogP contribution in [-0.2, 0) is 0 Å². The maximum absolute atomic E-state index is 11.0. The SMILES string of the molecule is Cc1cc(N2CCCCC2)ccc1C(=Nc1ccc(-c2cnc[nH]2)cc1)c1c(O)[nH]c2ccccc12. The summed E-state index contributed by atoms with van der Waals surface area (Å²) in [4.78, 5) is 18.0. The monoisotopic (exact) mass is 475 g/mol. The van der Waals surface area contributed by atoms with Gasteiger partial charge in [0.2, 0.25) is 0 Å². The number of rotatable bonds is 5. The molecule has 36 heavy (non-hydrogen) atoms. The van der Waals surface area contributed by atoms with Crippen molar-refractivity contribution in [2.24, 2.45) is 4.99 Å². The number of H-pyrrole nitrogens is 2. The molecule has 0 aliphatic carbocycles. The molecule has 180 valence electrons. The number of aromatic hydroxyl groups is 1. The lowest BCUT2D eigenvalue weighted by molar-refractivity contribution is 0.457. The third-order valence-corrected chi connectivity index (χ3v) is 7.03. The fourth-order valence-corrected chi connectivity index (χ4v) is 5.14. The largest absolute Gasteiger partial charge is 0.494 e. The minimum absolute atomic E-state index is 0.128. The first-order valence-electron chi connectivity index (χ1n) is 12.5. The topological polar surface area (TPSA) is 80.3 Å². The molecule has 0 atom stereocenters. The predicted octanol–water partition coefficient (Wildman–Crippen LogP) is 6.73. The number of anilines is 1. The molecular weight excluding hydrogens is 446 g/mol. The molecule has 6 nitrogen and oxygen atoms in total. The number of imidazole rings is 1. The van der Waals surface area contributed by atoms with Gasteiger partial charge in [0.15, 0.2) is 5.88 Å². The van der Waals surface area contributed by atoms with Crippen LogP contribution in [0.15, 0.2) is 84.2 Å². The number of hydrogen-bond acceptors (Lipinski definition) is 4. The van der Waals surface area contributed by atoms with Crippen LogP contribution in [-0.4, -0.2) is 38.9 Å². The zero-order valence-electron chi connectivity index (χ0n) is 20.3. The van der Waals surface area contributed by atoms with Crippen LogP contribution in [0, 0.1) is 6.92 Å². The van der Waals surface area contributed by atoms with E-state index in [1.807, 2.05) is 48.5 Å². The van der Waals surface area contributed by atoms with Crippen molar-refractivity contribution in [1.82, 2.24) is 15.0 Å². The average Bonchev–Trinajstić information content (AvgIpc) is 3.56. The number of fused-ring (bicyclic) bond motifs is 1. The van der Waals surface area contributed by atoms with Gasteiger partial charge in [-0.05, 0) is 67.6 Å². The van der Waals surface area contributed by atoms with Crippen molar-refractivity contribution in [2.45, 2.75) is 26.2 Å². The van der Waals surface area contributed by atoms with Gasteiger partial charge >= 0.3 is 0 Å². The lowest BCUT2D eigenvalue weighted by Gasteiger charge is -2.29. The summed E-state index contributed by atoms with van der Waals surface area (Å²) in [6.07, 6.45) is 7.27. The highest BCUT2D eigenvalue weighted by Crippen LogP contribution is 2.34. The molecule has 0 radical (unpaired) electrons. The summed E-state index contributed by atoms with van der Waals surface area (Å²) < 4.78 is 0. The van der Waals surface area contributed by atoms with E-state index in [1.54, 1.807) is 12.5 Å². The van der Waals surface area contributed by atoms with Crippen molar-refractivity contribution in [2.75, 3.05) is 18.0 Å². The Morgan fingerprint density at radius 3 is 2.53 bits per heavy atom. The van der Waals surface area contributed by atoms with E-state index in [0.29, 0.717) is 0 Å². The van der Waals surface area contributed by atoms with Crippen LogP contribution in [0.5, 0.6) is 5.88 Å². The first-order valence-corrected chi connectivity index (χ1v) is 12.5. The molecule has 0 amide bonds. The summed E-state index contributed by atoms with van der Waals surface area (Å²) in [5, 5.41) is 12.0. The molecule has 1 saturated heterocycles. The van der Waals surface area contributed by atoms with Crippen LogP contribution in [0.4, 0.5) is 11.4 Å². The van der Waals surface area contributed by atoms with Gasteiger partial charge in [-0.1, -0.05) is 36.4 Å². The normalized spacial score (nSPS) is 14.5. The van der Waals surface area contributed by atoms with Crippen molar-refractivity contribution in [1.29, 1.82) is 0 Å². The fraction of sp³-hybridized carbons (Fsp3) is 0.200. The number of piperidine rings is 1. The van der Waals surface area contributed by atoms with Crippen LogP contribution in [0.2, 0.25) is 0 Å². The third kappa shape index (κ3) is 4.15. The predicted molar refractivity (Wildman–Crippen MR) is 147 cm³/mol. The van der Waals surface area contributed by atoms with E-state index in [2.05, 4.69) is 45.0 Å². The molecule has 0 saturated carbocycles. The Morgan fingerprint density at radius 2 is 1.78 bits per heavy atom. The summed E-state index contributed by atoms with van der Waals surface area (Å²) >= 11 is 0. The molecule has 6 rings (SSSR count). The van der Waals surface area contributed by atoms with Crippen molar-refractivity contribution in [3.63, 3.8) is 0 Å². The van der Waals surface area contributed by atoms with E-state index in [0.717, 1.165) is 63.3 Å². The van der Waals surface area contributed by atoms with Crippen molar-refractivity contribution in [3.05, 3.63) is 95.9 Å². The molecule has 6 heteroatoms. The first-order chi connectivity index (χ1) is 17.7. The highest BCUT2D eigenvalue weighted by Gasteiger charge is 2.21. The summed E-state index contributed by atoms with van der Waals surface area (Å²) in [6.45, 7) is 4.34. The fourth-order valence-electron chi connectivity index (χ4n) is 5.14. The van der Waals surface area contributed by atoms with Gasteiger partial charge in [-0.3, -0.25) is 0 Å². The number of aromatic amines is 2. The Hall–Kier alpha value is -4.32. The highest BCUT2D eigenvalue weighted by molar-refractivity contribution is 6.22. The van der Waals surface area contributed by atoms with Crippen LogP contribution in [0.25, 0.3) is 22.2 Å². The summed E-state index contributed by atoms with van der Waals surface area (Å²) in [5.74, 6) is 0.128. The first kappa shape index (κ1) is 22.2. The van der Waals surface area contributed by atoms with Gasteiger partial charge in [0.1, 0.15) is 0 Å². The minimum atomic E-state index is 0.128. The van der Waals surface area contributed by atoms with E-state index < -0.39 is 0 Å². The number of aromatic nitrogens is 3. The van der Waals surface area contributed by atoms with Crippen LogP contribution < -0.4 is 4.90 Å². The van der Waals surface area contributed by atoms with Gasteiger partial charge in [0.05, 0.1) is 35.2 Å². The van der Waals surface area contributed by atoms with E-state index in [9.17, 15) is 5.11 Å². The number of para-hydroxylation sites is 1. The Morgan fingerprint density at radius 1 is 0.972 bits per heavy atom. The molecule has 0 unspecified atom stereocenters. The molecule has 3 aromatic carbocycles. The molecule has 1 aliphatic rings. The van der Waals surface area contributed by atoms with E-state index in [4.69, 9.17) is 4.99 Å². The zero-order chi connectivity index (χ0) is 24.5. The average molecular weight is 476 g/mol. The Kier molecular flexibility index (Phi) is 5.77. The van der Waals surface area contributed by atoms with E-state index >= 15 is 0 Å². The van der Waals surface area contributed by atoms with Gasteiger partial charge in [-0.15, -0.1) is 0 Å². The maximum Gasteiger partial charge on any atom is 0.199 e. The number of aliphatic imine (C=N–C) groups is 1. The van der Waals surface area contributed by atoms with Gasteiger partial charge < -0.3 is 20.0 Å². The van der Waals surface area contributed by atoms with Crippen molar-refractivity contribution < 1.29 is 5.11 Å². The quantitative estimate of drug-likeness (QED) is 0.247. The van der Waals surface area contributed by atoms with Gasteiger partial charge in [0, 0.05) is 35.2 Å². The standard InChI is InChI=1S/C30H29N5O/c1-20-17-23(35-15-5-2-6-16-35)13-14-24(20)29(28-25-7-3-4-8-26(25)34-30(28)36)33-22-11-9-21(10-12-22)27-18-31-19-32-27/h3-4,7-14,17-19,34,36H,2,5-6,15-16H2,1H3,(H,31,32). The van der Waals surface area contributed by atoms with Crippen LogP contribution in [0.3, 0.4) is 0 Å². The van der Waals surface area contributed by atoms with E-state index in [1.165, 1.54) is 24.9 Å². The Balaban J connectivity index is 1.47. The molecule has 1 fully saturated rings. The van der Waals surface area contributed by atoms with Gasteiger partial charge in [-0.2, -0.15) is 0 Å². The summed E-state index contributed by atoms with van der Waals surface area (Å²) in [7, 11) is 0. The van der Waals surface area contributed by atoms with Crippen molar-refractivity contribution in [3.8, 4) is 17.1 Å². The number of benzene rings is 3. The Bertz CT molecular complexity index is 1520. The van der Waals surface area contributed by atoms with Crippen LogP contribution in [0.1, 0.15) is 36.0 Å². The Labute approximate surface area is 210 Å². The molecule has 1 aliphatic heterocycles. The number of nitrogens with zero attached hydrogens (tertiary/aromatic N) is 3. The molecule has 0 bridgehead atoms. The summed E-state index contributed by atoms with van der Waals surface area (Å²) in [5.41, 5.74) is 8.58. The van der Waals surface area contributed by atoms with Gasteiger partial charge in [-0.25, -0.2) is 9.98 Å². The second-order valence-electron chi connectivity index (χ2n) is 9.41. The second-order valence-corrected chi connectivity index (χ2v) is 9.41.